The van der Waals surface area contributed by atoms with E-state index in [4.69, 9.17) is 4.74 Å². The molecule has 0 aromatic heterocycles. The summed E-state index contributed by atoms with van der Waals surface area (Å²) in [7, 11) is 1.73. The Morgan fingerprint density at radius 2 is 2.00 bits per heavy atom. The first-order valence-corrected chi connectivity index (χ1v) is 7.04. The molecule has 6 heteroatoms. The van der Waals surface area contributed by atoms with E-state index in [0.717, 1.165) is 30.6 Å². The van der Waals surface area contributed by atoms with Crippen molar-refractivity contribution in [3.8, 4) is 0 Å². The average Bonchev–Trinajstić information content (AvgIpc) is 3.28. The van der Waals surface area contributed by atoms with Crippen molar-refractivity contribution in [3.63, 3.8) is 0 Å². The normalized spacial score (nSPS) is 14.5. The van der Waals surface area contributed by atoms with Crippen molar-refractivity contribution < 1.29 is 9.13 Å². The van der Waals surface area contributed by atoms with E-state index in [2.05, 4.69) is 15.6 Å². The Bertz CT molecular complexity index is 435. The van der Waals surface area contributed by atoms with Crippen molar-refractivity contribution in [1.29, 1.82) is 0 Å². The van der Waals surface area contributed by atoms with E-state index >= 15 is 0 Å². The molecule has 4 nitrogen and oxygen atoms in total. The van der Waals surface area contributed by atoms with Crippen molar-refractivity contribution in [2.24, 2.45) is 10.9 Å². The molecule has 0 unspecified atom stereocenters. The van der Waals surface area contributed by atoms with Gasteiger partial charge in [-0.25, -0.2) is 4.39 Å². The molecule has 0 spiro atoms. The summed E-state index contributed by atoms with van der Waals surface area (Å²) >= 11 is 0. The molecule has 0 amide bonds. The van der Waals surface area contributed by atoms with Crippen LogP contribution in [-0.4, -0.2) is 32.8 Å². The van der Waals surface area contributed by atoms with E-state index in [0.29, 0.717) is 13.2 Å². The van der Waals surface area contributed by atoms with E-state index < -0.39 is 0 Å². The topological polar surface area (TPSA) is 45.7 Å². The van der Waals surface area contributed by atoms with Crippen LogP contribution in [0.4, 0.5) is 4.39 Å². The van der Waals surface area contributed by atoms with Crippen molar-refractivity contribution >= 4 is 29.9 Å². The number of ether oxygens (including phenoxy) is 1. The van der Waals surface area contributed by atoms with Crippen molar-refractivity contribution in [1.82, 2.24) is 10.6 Å². The van der Waals surface area contributed by atoms with E-state index in [1.54, 1.807) is 19.2 Å². The molecule has 0 heterocycles. The Labute approximate surface area is 142 Å². The van der Waals surface area contributed by atoms with Crippen LogP contribution in [0, 0.1) is 11.7 Å². The first-order valence-electron chi connectivity index (χ1n) is 7.04. The molecule has 1 aromatic carbocycles. The quantitative estimate of drug-likeness (QED) is 0.316. The van der Waals surface area contributed by atoms with Crippen LogP contribution < -0.4 is 10.6 Å². The zero-order valence-corrected chi connectivity index (χ0v) is 14.6. The minimum Gasteiger partial charge on any atom is -0.379 e. The molecule has 1 aromatic rings. The highest BCUT2D eigenvalue weighted by molar-refractivity contribution is 14.0. The van der Waals surface area contributed by atoms with Gasteiger partial charge in [0.1, 0.15) is 5.82 Å². The molecule has 118 valence electrons. The lowest BCUT2D eigenvalue weighted by atomic mass is 10.2. The molecule has 2 N–H and O–H groups in total. The highest BCUT2D eigenvalue weighted by atomic mass is 127. The summed E-state index contributed by atoms with van der Waals surface area (Å²) in [6, 6.07) is 6.43. The lowest BCUT2D eigenvalue weighted by molar-refractivity contribution is 0.129. The van der Waals surface area contributed by atoms with E-state index in [9.17, 15) is 4.39 Å². The fourth-order valence-electron chi connectivity index (χ4n) is 1.78. The summed E-state index contributed by atoms with van der Waals surface area (Å²) < 4.78 is 18.3. The molecule has 21 heavy (non-hydrogen) atoms. The third-order valence-corrected chi connectivity index (χ3v) is 3.19. The second kappa shape index (κ2) is 9.94. The third kappa shape index (κ3) is 7.61. The van der Waals surface area contributed by atoms with Crippen molar-refractivity contribution in [3.05, 3.63) is 35.6 Å². The number of benzene rings is 1. The predicted molar refractivity (Wildman–Crippen MR) is 93.6 cm³/mol. The second-order valence-corrected chi connectivity index (χ2v) is 5.00. The minimum atomic E-state index is -0.218. The Morgan fingerprint density at radius 3 is 2.62 bits per heavy atom. The Kier molecular flexibility index (Phi) is 8.60. The minimum absolute atomic E-state index is 0. The molecular formula is C15H23FIN3O. The number of hydrogen-bond acceptors (Lipinski definition) is 2. The van der Waals surface area contributed by atoms with Crippen LogP contribution >= 0.6 is 24.0 Å². The molecule has 0 radical (unpaired) electrons. The van der Waals surface area contributed by atoms with Gasteiger partial charge in [-0.1, -0.05) is 12.1 Å². The molecule has 1 aliphatic rings. The maximum absolute atomic E-state index is 12.8. The van der Waals surface area contributed by atoms with Crippen LogP contribution in [0.15, 0.2) is 29.3 Å². The summed E-state index contributed by atoms with van der Waals surface area (Å²) in [4.78, 5) is 4.13. The number of halogens is 2. The first-order chi connectivity index (χ1) is 9.78. The zero-order chi connectivity index (χ0) is 14.2. The molecule has 1 saturated carbocycles. The lowest BCUT2D eigenvalue weighted by Crippen LogP contribution is -2.38. The number of rotatable bonds is 7. The molecule has 0 atom stereocenters. The van der Waals surface area contributed by atoms with E-state index in [-0.39, 0.29) is 29.8 Å². The van der Waals surface area contributed by atoms with Gasteiger partial charge in [0.15, 0.2) is 5.96 Å². The Hall–Kier alpha value is -0.890. The highest BCUT2D eigenvalue weighted by Crippen LogP contribution is 2.28. The molecule has 2 rings (SSSR count). The van der Waals surface area contributed by atoms with Crippen LogP contribution in [0.2, 0.25) is 0 Å². The van der Waals surface area contributed by atoms with E-state index in [1.165, 1.54) is 25.0 Å². The van der Waals surface area contributed by atoms with Gasteiger partial charge in [-0.05, 0) is 36.5 Å². The smallest absolute Gasteiger partial charge is 0.191 e. The number of nitrogens with zero attached hydrogens (tertiary/aromatic N) is 1. The number of hydrogen-bond donors (Lipinski definition) is 2. The van der Waals surface area contributed by atoms with Gasteiger partial charge in [-0.2, -0.15) is 0 Å². The summed E-state index contributed by atoms with van der Waals surface area (Å²) in [6.07, 6.45) is 2.63. The maximum atomic E-state index is 12.8. The van der Waals surface area contributed by atoms with Crippen molar-refractivity contribution in [2.75, 3.05) is 26.8 Å². The third-order valence-electron chi connectivity index (χ3n) is 3.19. The van der Waals surface area contributed by atoms with Crippen LogP contribution in [0.25, 0.3) is 0 Å². The van der Waals surface area contributed by atoms with Gasteiger partial charge in [0.2, 0.25) is 0 Å². The largest absolute Gasteiger partial charge is 0.379 e. The fourth-order valence-corrected chi connectivity index (χ4v) is 1.78. The van der Waals surface area contributed by atoms with Crippen LogP contribution in [0.1, 0.15) is 18.4 Å². The SMILES string of the molecule is CN=C(NCCOCC1CC1)NCc1ccc(F)cc1.I. The molecule has 0 bridgehead atoms. The molecule has 1 aliphatic carbocycles. The Morgan fingerprint density at radius 1 is 1.29 bits per heavy atom. The van der Waals surface area contributed by atoms with Gasteiger partial charge in [0, 0.05) is 26.7 Å². The summed E-state index contributed by atoms with van der Waals surface area (Å²) in [5, 5.41) is 6.36. The van der Waals surface area contributed by atoms with Gasteiger partial charge >= 0.3 is 0 Å². The zero-order valence-electron chi connectivity index (χ0n) is 12.3. The predicted octanol–water partition coefficient (Wildman–Crippen LogP) is 2.54. The molecule has 0 saturated heterocycles. The standard InChI is InChI=1S/C15H22FN3O.HI/c1-17-15(18-8-9-20-11-13-2-3-13)19-10-12-4-6-14(16)7-5-12;/h4-7,13H,2-3,8-11H2,1H3,(H2,17,18,19);1H. The van der Waals surface area contributed by atoms with Gasteiger partial charge in [-0.15, -0.1) is 24.0 Å². The van der Waals surface area contributed by atoms with Gasteiger partial charge in [-0.3, -0.25) is 4.99 Å². The van der Waals surface area contributed by atoms with Gasteiger partial charge in [0.05, 0.1) is 6.61 Å². The maximum Gasteiger partial charge on any atom is 0.191 e. The monoisotopic (exact) mass is 407 g/mol. The molecule has 1 fully saturated rings. The van der Waals surface area contributed by atoms with Gasteiger partial charge < -0.3 is 15.4 Å². The second-order valence-electron chi connectivity index (χ2n) is 5.00. The van der Waals surface area contributed by atoms with E-state index in [1.807, 2.05) is 0 Å². The fraction of sp³-hybridized carbons (Fsp3) is 0.533. The number of aliphatic imine (C=N–C) groups is 1. The highest BCUT2D eigenvalue weighted by Gasteiger charge is 2.20. The number of guanidine groups is 1. The average molecular weight is 407 g/mol. The summed E-state index contributed by atoms with van der Waals surface area (Å²) in [5.74, 6) is 1.30. The van der Waals surface area contributed by atoms with Crippen LogP contribution in [0.5, 0.6) is 0 Å². The lowest BCUT2D eigenvalue weighted by Gasteiger charge is -2.12. The first kappa shape index (κ1) is 18.2. The van der Waals surface area contributed by atoms with Crippen LogP contribution in [0.3, 0.4) is 0 Å². The van der Waals surface area contributed by atoms with Gasteiger partial charge in [0.25, 0.3) is 0 Å². The molecule has 0 aliphatic heterocycles. The molecular weight excluding hydrogens is 384 g/mol. The van der Waals surface area contributed by atoms with Crippen LogP contribution in [-0.2, 0) is 11.3 Å². The Balaban J connectivity index is 0.00000220. The van der Waals surface area contributed by atoms with Crippen molar-refractivity contribution in [2.45, 2.75) is 19.4 Å². The number of nitrogens with one attached hydrogen (secondary N) is 2. The summed E-state index contributed by atoms with van der Waals surface area (Å²) in [6.45, 7) is 2.91. The summed E-state index contributed by atoms with van der Waals surface area (Å²) in [5.41, 5.74) is 1.01.